The van der Waals surface area contributed by atoms with E-state index in [2.05, 4.69) is 5.32 Å². The maximum atomic E-state index is 15.0. The molecule has 1 aliphatic carbocycles. The van der Waals surface area contributed by atoms with Crippen LogP contribution in [0.4, 0.5) is 14.5 Å². The predicted octanol–water partition coefficient (Wildman–Crippen LogP) is 5.33. The molecule has 0 bridgehead atoms. The zero-order valence-electron chi connectivity index (χ0n) is 23.2. The number of hydrogen-bond donors (Lipinski definition) is 1. The highest BCUT2D eigenvalue weighted by molar-refractivity contribution is 7.92. The number of nitrogens with zero attached hydrogens (tertiary/aromatic N) is 2. The summed E-state index contributed by atoms with van der Waals surface area (Å²) in [4.78, 5) is 28.7. The van der Waals surface area contributed by atoms with Gasteiger partial charge in [0.2, 0.25) is 11.8 Å². The van der Waals surface area contributed by atoms with E-state index in [4.69, 9.17) is 0 Å². The summed E-state index contributed by atoms with van der Waals surface area (Å²) in [5.74, 6) is -2.30. The van der Waals surface area contributed by atoms with Crippen LogP contribution >= 0.6 is 0 Å². The number of halogens is 2. The third kappa shape index (κ3) is 7.30. The number of amides is 2. The monoisotopic (exact) mass is 583 g/mol. The first kappa shape index (κ1) is 30.2. The topological polar surface area (TPSA) is 86.8 Å². The average molecular weight is 584 g/mol. The van der Waals surface area contributed by atoms with Crippen LogP contribution in [0, 0.1) is 18.6 Å². The molecule has 41 heavy (non-hydrogen) atoms. The van der Waals surface area contributed by atoms with E-state index in [9.17, 15) is 22.4 Å². The molecule has 4 rings (SSSR count). The van der Waals surface area contributed by atoms with Gasteiger partial charge in [-0.1, -0.05) is 61.7 Å². The maximum absolute atomic E-state index is 15.0. The number of carbonyl (C=O) groups is 2. The zero-order valence-corrected chi connectivity index (χ0v) is 24.0. The first-order valence-corrected chi connectivity index (χ1v) is 15.2. The second kappa shape index (κ2) is 13.2. The number of para-hydroxylation sites is 1. The Morgan fingerprint density at radius 3 is 2.20 bits per heavy atom. The van der Waals surface area contributed by atoms with E-state index in [1.807, 2.05) is 6.92 Å². The van der Waals surface area contributed by atoms with Crippen molar-refractivity contribution in [1.29, 1.82) is 0 Å². The zero-order chi connectivity index (χ0) is 29.6. The Hall–Kier alpha value is -3.79. The van der Waals surface area contributed by atoms with Crippen LogP contribution in [0.2, 0.25) is 0 Å². The highest BCUT2D eigenvalue weighted by Gasteiger charge is 2.35. The van der Waals surface area contributed by atoms with Crippen LogP contribution in [0.15, 0.2) is 77.7 Å². The van der Waals surface area contributed by atoms with Crippen molar-refractivity contribution in [2.24, 2.45) is 0 Å². The molecule has 2 amide bonds. The second-order valence-electron chi connectivity index (χ2n) is 10.3. The lowest BCUT2D eigenvalue weighted by Gasteiger charge is -2.33. The molecule has 0 saturated heterocycles. The quantitative estimate of drug-likeness (QED) is 0.331. The van der Waals surface area contributed by atoms with Crippen LogP contribution in [-0.2, 0) is 26.2 Å². The minimum atomic E-state index is -4.38. The maximum Gasteiger partial charge on any atom is 0.264 e. The third-order valence-electron chi connectivity index (χ3n) is 7.36. The molecule has 1 atom stereocenters. The molecule has 0 spiro atoms. The summed E-state index contributed by atoms with van der Waals surface area (Å²) in [6, 6.07) is 16.0. The minimum absolute atomic E-state index is 0.0103. The van der Waals surface area contributed by atoms with Crippen LogP contribution in [-0.4, -0.2) is 43.8 Å². The first-order valence-electron chi connectivity index (χ1n) is 13.8. The van der Waals surface area contributed by atoms with E-state index < -0.39 is 40.2 Å². The van der Waals surface area contributed by atoms with Gasteiger partial charge in [0.15, 0.2) is 0 Å². The van der Waals surface area contributed by atoms with E-state index in [0.29, 0.717) is 5.56 Å². The molecule has 3 aromatic rings. The Balaban J connectivity index is 1.72. The van der Waals surface area contributed by atoms with E-state index in [1.165, 1.54) is 59.5 Å². The molecule has 0 unspecified atom stereocenters. The van der Waals surface area contributed by atoms with Crippen LogP contribution in [0.1, 0.15) is 50.2 Å². The summed E-state index contributed by atoms with van der Waals surface area (Å²) in [6.45, 7) is 2.77. The molecule has 0 radical (unpaired) electrons. The fraction of sp³-hybridized carbons (Fsp3) is 0.355. The fourth-order valence-electron chi connectivity index (χ4n) is 5.08. The summed E-state index contributed by atoms with van der Waals surface area (Å²) < 4.78 is 57.0. The minimum Gasteiger partial charge on any atom is -0.352 e. The number of rotatable bonds is 11. The number of hydrogen-bond acceptors (Lipinski definition) is 4. The van der Waals surface area contributed by atoms with Crippen molar-refractivity contribution in [3.8, 4) is 0 Å². The highest BCUT2D eigenvalue weighted by atomic mass is 32.2. The van der Waals surface area contributed by atoms with Gasteiger partial charge >= 0.3 is 0 Å². The van der Waals surface area contributed by atoms with Crippen molar-refractivity contribution in [3.63, 3.8) is 0 Å². The number of benzene rings is 3. The summed E-state index contributed by atoms with van der Waals surface area (Å²) in [7, 11) is -4.38. The first-order chi connectivity index (χ1) is 19.6. The van der Waals surface area contributed by atoms with Gasteiger partial charge in [0.05, 0.1) is 10.6 Å². The lowest BCUT2D eigenvalue weighted by Crippen LogP contribution is -2.53. The molecule has 0 heterocycles. The van der Waals surface area contributed by atoms with Gasteiger partial charge in [-0.3, -0.25) is 13.9 Å². The lowest BCUT2D eigenvalue weighted by molar-refractivity contribution is -0.140. The van der Waals surface area contributed by atoms with Gasteiger partial charge in [0.25, 0.3) is 10.0 Å². The Bertz CT molecular complexity index is 1460. The predicted molar refractivity (Wildman–Crippen MR) is 154 cm³/mol. The van der Waals surface area contributed by atoms with Gasteiger partial charge in [0, 0.05) is 12.6 Å². The van der Waals surface area contributed by atoms with Gasteiger partial charge in [0.1, 0.15) is 24.2 Å². The number of sulfonamides is 1. The van der Waals surface area contributed by atoms with E-state index >= 15 is 4.39 Å². The SMILES string of the molecule is CC[C@@H](C(=O)NC1CCCC1)N(Cc1ccc(F)cc1)C(=O)CN(c1ccccc1F)S(=O)(=O)c1ccc(C)cc1. The van der Waals surface area contributed by atoms with E-state index in [0.717, 1.165) is 41.6 Å². The molecule has 1 aliphatic rings. The van der Waals surface area contributed by atoms with Crippen molar-refractivity contribution < 1.29 is 26.8 Å². The molecule has 0 aliphatic heterocycles. The van der Waals surface area contributed by atoms with Gasteiger partial charge in [-0.2, -0.15) is 0 Å². The van der Waals surface area contributed by atoms with Crippen molar-refractivity contribution in [2.45, 2.75) is 69.5 Å². The number of anilines is 1. The number of aryl methyl sites for hydroxylation is 1. The van der Waals surface area contributed by atoms with Crippen LogP contribution in [0.25, 0.3) is 0 Å². The molecular formula is C31H35F2N3O4S. The molecule has 218 valence electrons. The van der Waals surface area contributed by atoms with Gasteiger partial charge < -0.3 is 10.2 Å². The van der Waals surface area contributed by atoms with Gasteiger partial charge in [-0.05, 0) is 68.1 Å². The highest BCUT2D eigenvalue weighted by Crippen LogP contribution is 2.27. The van der Waals surface area contributed by atoms with Gasteiger partial charge in [-0.25, -0.2) is 17.2 Å². The van der Waals surface area contributed by atoms with E-state index in [-0.39, 0.29) is 35.5 Å². The second-order valence-corrected chi connectivity index (χ2v) is 12.2. The van der Waals surface area contributed by atoms with Crippen molar-refractivity contribution in [3.05, 3.63) is 95.6 Å². The van der Waals surface area contributed by atoms with Crippen molar-refractivity contribution in [1.82, 2.24) is 10.2 Å². The standard InChI is InChI=1S/C31H35F2N3O4S/c1-3-28(31(38)34-25-8-4-5-9-25)35(20-23-14-16-24(32)17-15-23)30(37)21-36(29-11-7-6-10-27(29)33)41(39,40)26-18-12-22(2)13-19-26/h6-7,10-19,25,28H,3-5,8-9,20-21H2,1-2H3,(H,34,38)/t28-/m0/s1. The molecular weight excluding hydrogens is 548 g/mol. The summed E-state index contributed by atoms with van der Waals surface area (Å²) in [6.07, 6.45) is 3.98. The van der Waals surface area contributed by atoms with Crippen LogP contribution in [0.5, 0.6) is 0 Å². The molecule has 0 aromatic heterocycles. The molecule has 1 N–H and O–H groups in total. The number of carbonyl (C=O) groups excluding carboxylic acids is 2. The summed E-state index contributed by atoms with van der Waals surface area (Å²) in [5, 5.41) is 3.03. The molecule has 3 aromatic carbocycles. The third-order valence-corrected chi connectivity index (χ3v) is 9.14. The molecule has 1 saturated carbocycles. The molecule has 10 heteroatoms. The smallest absolute Gasteiger partial charge is 0.264 e. The largest absolute Gasteiger partial charge is 0.352 e. The molecule has 1 fully saturated rings. The van der Waals surface area contributed by atoms with E-state index in [1.54, 1.807) is 19.1 Å². The van der Waals surface area contributed by atoms with Gasteiger partial charge in [-0.15, -0.1) is 0 Å². The Kier molecular flexibility index (Phi) is 9.75. The average Bonchev–Trinajstić information content (AvgIpc) is 3.46. The summed E-state index contributed by atoms with van der Waals surface area (Å²) >= 11 is 0. The number of nitrogens with one attached hydrogen (secondary N) is 1. The Morgan fingerprint density at radius 1 is 0.951 bits per heavy atom. The fourth-order valence-corrected chi connectivity index (χ4v) is 6.50. The normalized spacial score (nSPS) is 14.4. The van der Waals surface area contributed by atoms with Crippen LogP contribution < -0.4 is 9.62 Å². The Morgan fingerprint density at radius 2 is 1.59 bits per heavy atom. The lowest BCUT2D eigenvalue weighted by atomic mass is 10.1. The van der Waals surface area contributed by atoms with Crippen molar-refractivity contribution >= 4 is 27.5 Å². The Labute approximate surface area is 240 Å². The molecule has 7 nitrogen and oxygen atoms in total. The van der Waals surface area contributed by atoms with Crippen molar-refractivity contribution in [2.75, 3.05) is 10.8 Å². The van der Waals surface area contributed by atoms with Crippen LogP contribution in [0.3, 0.4) is 0 Å². The summed E-state index contributed by atoms with van der Waals surface area (Å²) in [5.41, 5.74) is 1.11.